The molecule has 2 aromatic heterocycles. The molecule has 0 amide bonds. The first-order valence-corrected chi connectivity index (χ1v) is 9.81. The second-order valence-electron chi connectivity index (χ2n) is 7.25. The number of nitrogens with zero attached hydrogens (tertiary/aromatic N) is 5. The number of carbonyl (C=O) groups excluding carboxylic acids is 1. The molecular formula is C20H21F3N6O2. The first-order chi connectivity index (χ1) is 14.9. The summed E-state index contributed by atoms with van der Waals surface area (Å²) < 4.78 is 47.4. The van der Waals surface area contributed by atoms with Crippen molar-refractivity contribution in [3.05, 3.63) is 47.7 Å². The molecule has 11 heteroatoms. The number of aromatic nitrogens is 4. The zero-order chi connectivity index (χ0) is 22.1. The van der Waals surface area contributed by atoms with Gasteiger partial charge in [-0.25, -0.2) is 27.8 Å². The van der Waals surface area contributed by atoms with E-state index in [-0.39, 0.29) is 18.6 Å². The Bertz CT molecular complexity index is 1100. The van der Waals surface area contributed by atoms with E-state index in [1.807, 2.05) is 6.92 Å². The van der Waals surface area contributed by atoms with Crippen molar-refractivity contribution in [3.63, 3.8) is 0 Å². The number of anilines is 1. The van der Waals surface area contributed by atoms with Crippen molar-refractivity contribution in [2.24, 2.45) is 0 Å². The fraction of sp³-hybridized carbons (Fsp3) is 0.400. The van der Waals surface area contributed by atoms with Gasteiger partial charge in [0.2, 0.25) is 0 Å². The lowest BCUT2D eigenvalue weighted by Gasteiger charge is -2.28. The molecule has 1 fully saturated rings. The van der Waals surface area contributed by atoms with Gasteiger partial charge < -0.3 is 10.1 Å². The second kappa shape index (κ2) is 8.50. The fourth-order valence-corrected chi connectivity index (χ4v) is 4.04. The van der Waals surface area contributed by atoms with E-state index in [0.29, 0.717) is 41.9 Å². The molecule has 0 bridgehead atoms. The van der Waals surface area contributed by atoms with Gasteiger partial charge >= 0.3 is 5.97 Å². The van der Waals surface area contributed by atoms with Crippen LogP contribution in [0.1, 0.15) is 24.9 Å². The summed E-state index contributed by atoms with van der Waals surface area (Å²) in [7, 11) is 1.29. The van der Waals surface area contributed by atoms with Crippen LogP contribution in [0, 0.1) is 17.5 Å². The molecule has 31 heavy (non-hydrogen) atoms. The average molecular weight is 434 g/mol. The smallest absolute Gasteiger partial charge is 0.327 e. The third-order valence-corrected chi connectivity index (χ3v) is 5.52. The first kappa shape index (κ1) is 21.0. The number of esters is 1. The molecular weight excluding hydrogens is 413 g/mol. The van der Waals surface area contributed by atoms with Crippen LogP contribution < -0.4 is 5.32 Å². The van der Waals surface area contributed by atoms with Gasteiger partial charge in [0.15, 0.2) is 23.1 Å². The predicted octanol–water partition coefficient (Wildman–Crippen LogP) is 2.66. The predicted molar refractivity (Wildman–Crippen MR) is 106 cm³/mol. The van der Waals surface area contributed by atoms with Crippen molar-refractivity contribution >= 4 is 22.8 Å². The SMILES string of the molecule is CCN1CCC(Nc2ncnc3c2cnn3CC(=O)OC)C1c1cc(F)c(F)c(F)c1. The van der Waals surface area contributed by atoms with Crippen LogP contribution in [-0.2, 0) is 16.1 Å². The van der Waals surface area contributed by atoms with Crippen LogP contribution in [0.2, 0.25) is 0 Å². The topological polar surface area (TPSA) is 85.2 Å². The van der Waals surface area contributed by atoms with Crippen LogP contribution in [0.3, 0.4) is 0 Å². The molecule has 0 aliphatic carbocycles. The zero-order valence-electron chi connectivity index (χ0n) is 17.0. The molecule has 1 aliphatic rings. The Kier molecular flexibility index (Phi) is 5.77. The van der Waals surface area contributed by atoms with E-state index in [0.717, 1.165) is 12.1 Å². The highest BCUT2D eigenvalue weighted by molar-refractivity contribution is 5.87. The number of benzene rings is 1. The molecule has 0 radical (unpaired) electrons. The molecule has 0 spiro atoms. The Balaban J connectivity index is 1.66. The van der Waals surface area contributed by atoms with E-state index in [2.05, 4.69) is 30.0 Å². The first-order valence-electron chi connectivity index (χ1n) is 9.81. The number of likely N-dealkylation sites (N-methyl/N-ethyl adjacent to an activating group) is 1. The monoisotopic (exact) mass is 434 g/mol. The van der Waals surface area contributed by atoms with Gasteiger partial charge in [0.1, 0.15) is 18.7 Å². The molecule has 4 rings (SSSR count). The lowest BCUT2D eigenvalue weighted by molar-refractivity contribution is -0.141. The molecule has 3 heterocycles. The van der Waals surface area contributed by atoms with Crippen LogP contribution in [-0.4, -0.2) is 56.9 Å². The number of halogens is 3. The molecule has 2 atom stereocenters. The maximum Gasteiger partial charge on any atom is 0.327 e. The van der Waals surface area contributed by atoms with E-state index in [1.165, 1.54) is 18.1 Å². The van der Waals surface area contributed by atoms with Crippen molar-refractivity contribution in [3.8, 4) is 0 Å². The average Bonchev–Trinajstić information content (AvgIpc) is 3.36. The standard InChI is InChI=1S/C20H21F3N6O2/c1-3-28-5-4-15(18(28)11-6-13(21)17(23)14(22)7-11)27-19-12-8-26-29(9-16(30)31-2)20(12)25-10-24-19/h6-8,10,15,18H,3-5,9H2,1-2H3,(H,24,25,27). The molecule has 2 unspecified atom stereocenters. The molecule has 1 aromatic carbocycles. The minimum atomic E-state index is -1.48. The number of likely N-dealkylation sites (tertiary alicyclic amines) is 1. The molecule has 8 nitrogen and oxygen atoms in total. The number of nitrogens with one attached hydrogen (secondary N) is 1. The van der Waals surface area contributed by atoms with Crippen LogP contribution in [0.4, 0.5) is 19.0 Å². The van der Waals surface area contributed by atoms with E-state index >= 15 is 0 Å². The molecule has 1 saturated heterocycles. The zero-order valence-corrected chi connectivity index (χ0v) is 17.0. The van der Waals surface area contributed by atoms with E-state index in [9.17, 15) is 18.0 Å². The lowest BCUT2D eigenvalue weighted by atomic mass is 9.99. The summed E-state index contributed by atoms with van der Waals surface area (Å²) in [4.78, 5) is 22.1. The molecule has 1 aliphatic heterocycles. The number of hydrogen-bond donors (Lipinski definition) is 1. The highest BCUT2D eigenvalue weighted by Crippen LogP contribution is 2.36. The van der Waals surface area contributed by atoms with Gasteiger partial charge in [0.05, 0.1) is 24.7 Å². The summed E-state index contributed by atoms with van der Waals surface area (Å²) in [5.74, 6) is -3.90. The van der Waals surface area contributed by atoms with E-state index in [1.54, 1.807) is 6.20 Å². The maximum atomic E-state index is 13.9. The second-order valence-corrected chi connectivity index (χ2v) is 7.25. The largest absolute Gasteiger partial charge is 0.468 e. The number of carbonyl (C=O) groups is 1. The van der Waals surface area contributed by atoms with Gasteiger partial charge in [-0.2, -0.15) is 5.10 Å². The van der Waals surface area contributed by atoms with E-state index in [4.69, 9.17) is 0 Å². The summed E-state index contributed by atoms with van der Waals surface area (Å²) in [6.45, 7) is 3.20. The Morgan fingerprint density at radius 1 is 1.26 bits per heavy atom. The Morgan fingerprint density at radius 3 is 2.68 bits per heavy atom. The van der Waals surface area contributed by atoms with Crippen molar-refractivity contribution in [2.45, 2.75) is 32.0 Å². The quantitative estimate of drug-likeness (QED) is 0.472. The summed E-state index contributed by atoms with van der Waals surface area (Å²) in [6, 6.07) is 1.45. The van der Waals surface area contributed by atoms with Gasteiger partial charge in [-0.1, -0.05) is 6.92 Å². The number of fused-ring (bicyclic) bond motifs is 1. The van der Waals surface area contributed by atoms with Crippen molar-refractivity contribution < 1.29 is 22.7 Å². The minimum absolute atomic E-state index is 0.0970. The van der Waals surface area contributed by atoms with Gasteiger partial charge in [0, 0.05) is 12.6 Å². The lowest BCUT2D eigenvalue weighted by Crippen LogP contribution is -2.31. The minimum Gasteiger partial charge on any atom is -0.468 e. The van der Waals surface area contributed by atoms with Gasteiger partial charge in [-0.05, 0) is 30.7 Å². The normalized spacial score (nSPS) is 19.1. The highest BCUT2D eigenvalue weighted by atomic mass is 19.2. The number of rotatable bonds is 6. The fourth-order valence-electron chi connectivity index (χ4n) is 4.04. The van der Waals surface area contributed by atoms with Crippen LogP contribution in [0.15, 0.2) is 24.7 Å². The molecule has 164 valence electrons. The molecule has 0 saturated carbocycles. The van der Waals surface area contributed by atoms with Crippen molar-refractivity contribution in [1.82, 2.24) is 24.6 Å². The van der Waals surface area contributed by atoms with Gasteiger partial charge in [0.25, 0.3) is 0 Å². The number of hydrogen-bond acceptors (Lipinski definition) is 7. The van der Waals surface area contributed by atoms with Crippen molar-refractivity contribution in [2.75, 3.05) is 25.5 Å². The van der Waals surface area contributed by atoms with E-state index < -0.39 is 23.4 Å². The third-order valence-electron chi connectivity index (χ3n) is 5.52. The summed E-state index contributed by atoms with van der Waals surface area (Å²) in [5, 5.41) is 8.11. The molecule has 3 aromatic rings. The third kappa shape index (κ3) is 3.92. The maximum absolute atomic E-state index is 13.9. The number of ether oxygens (including phenoxy) is 1. The highest BCUT2D eigenvalue weighted by Gasteiger charge is 2.36. The number of methoxy groups -OCH3 is 1. The Labute approximate surface area is 176 Å². The van der Waals surface area contributed by atoms with Crippen molar-refractivity contribution in [1.29, 1.82) is 0 Å². The summed E-state index contributed by atoms with van der Waals surface area (Å²) in [5.41, 5.74) is 0.795. The Morgan fingerprint density at radius 2 is 2.00 bits per heavy atom. The van der Waals surface area contributed by atoms with Crippen LogP contribution >= 0.6 is 0 Å². The van der Waals surface area contributed by atoms with Crippen LogP contribution in [0.5, 0.6) is 0 Å². The molecule has 1 N–H and O–H groups in total. The van der Waals surface area contributed by atoms with Gasteiger partial charge in [-0.3, -0.25) is 9.69 Å². The Hall–Kier alpha value is -3.21. The van der Waals surface area contributed by atoms with Crippen LogP contribution in [0.25, 0.3) is 11.0 Å². The summed E-state index contributed by atoms with van der Waals surface area (Å²) >= 11 is 0. The summed E-state index contributed by atoms with van der Waals surface area (Å²) in [6.07, 6.45) is 3.57. The van der Waals surface area contributed by atoms with Gasteiger partial charge in [-0.15, -0.1) is 0 Å².